The van der Waals surface area contributed by atoms with Crippen molar-refractivity contribution in [2.45, 2.75) is 13.0 Å². The molecular formula is C15H13FN2. The average Bonchev–Trinajstić information content (AvgIpc) is 2.39. The molecule has 3 heteroatoms. The van der Waals surface area contributed by atoms with Crippen LogP contribution in [0.15, 0.2) is 48.5 Å². The lowest BCUT2D eigenvalue weighted by Gasteiger charge is -2.15. The topological polar surface area (TPSA) is 35.8 Å². The molecule has 90 valence electrons. The summed E-state index contributed by atoms with van der Waals surface area (Å²) >= 11 is 0. The molecule has 0 aromatic heterocycles. The summed E-state index contributed by atoms with van der Waals surface area (Å²) in [6.07, 6.45) is 0. The van der Waals surface area contributed by atoms with Crippen molar-refractivity contribution in [2.75, 3.05) is 5.32 Å². The molecule has 18 heavy (non-hydrogen) atoms. The predicted molar refractivity (Wildman–Crippen MR) is 69.6 cm³/mol. The van der Waals surface area contributed by atoms with Crippen LogP contribution >= 0.6 is 0 Å². The first kappa shape index (κ1) is 12.1. The molecule has 1 unspecified atom stereocenters. The van der Waals surface area contributed by atoms with Crippen LogP contribution in [0.2, 0.25) is 0 Å². The van der Waals surface area contributed by atoms with Crippen LogP contribution in [0, 0.1) is 17.1 Å². The molecule has 2 rings (SSSR count). The second-order valence-electron chi connectivity index (χ2n) is 4.11. The van der Waals surface area contributed by atoms with Crippen LogP contribution in [0.5, 0.6) is 0 Å². The first-order chi connectivity index (χ1) is 8.69. The normalized spacial score (nSPS) is 11.6. The maximum Gasteiger partial charge on any atom is 0.125 e. The molecule has 2 aromatic rings. The van der Waals surface area contributed by atoms with Crippen molar-refractivity contribution in [1.29, 1.82) is 5.26 Å². The van der Waals surface area contributed by atoms with Gasteiger partial charge in [-0.1, -0.05) is 18.2 Å². The zero-order valence-corrected chi connectivity index (χ0v) is 10.0. The van der Waals surface area contributed by atoms with E-state index in [0.29, 0.717) is 5.56 Å². The van der Waals surface area contributed by atoms with Crippen molar-refractivity contribution in [3.05, 3.63) is 65.5 Å². The standard InChI is InChI=1S/C15H13FN2/c1-11(13-7-5-12(10-17)6-8-13)18-15-4-2-3-14(16)9-15/h2-9,11,18H,1H3. The summed E-state index contributed by atoms with van der Waals surface area (Å²) in [6.45, 7) is 1.99. The first-order valence-electron chi connectivity index (χ1n) is 5.71. The first-order valence-corrected chi connectivity index (χ1v) is 5.71. The fourth-order valence-corrected chi connectivity index (χ4v) is 1.76. The van der Waals surface area contributed by atoms with E-state index in [9.17, 15) is 4.39 Å². The third-order valence-corrected chi connectivity index (χ3v) is 2.75. The summed E-state index contributed by atoms with van der Waals surface area (Å²) in [6, 6.07) is 15.9. The Balaban J connectivity index is 2.12. The molecule has 0 spiro atoms. The third-order valence-electron chi connectivity index (χ3n) is 2.75. The molecule has 0 radical (unpaired) electrons. The second kappa shape index (κ2) is 5.33. The molecule has 0 fully saturated rings. The number of rotatable bonds is 3. The number of anilines is 1. The monoisotopic (exact) mass is 240 g/mol. The van der Waals surface area contributed by atoms with Crippen LogP contribution < -0.4 is 5.32 Å². The molecular weight excluding hydrogens is 227 g/mol. The van der Waals surface area contributed by atoms with Gasteiger partial charge in [0, 0.05) is 11.7 Å². The molecule has 0 aliphatic carbocycles. The molecule has 2 nitrogen and oxygen atoms in total. The average molecular weight is 240 g/mol. The molecule has 1 N–H and O–H groups in total. The number of nitrogens with one attached hydrogen (secondary N) is 1. The van der Waals surface area contributed by atoms with Gasteiger partial charge in [0.1, 0.15) is 5.82 Å². The largest absolute Gasteiger partial charge is 0.378 e. The van der Waals surface area contributed by atoms with Gasteiger partial charge in [0.15, 0.2) is 0 Å². The molecule has 0 amide bonds. The van der Waals surface area contributed by atoms with Crippen LogP contribution in [0.1, 0.15) is 24.1 Å². The molecule has 1 atom stereocenters. The highest BCUT2D eigenvalue weighted by Crippen LogP contribution is 2.20. The summed E-state index contributed by atoms with van der Waals surface area (Å²) in [5.41, 5.74) is 2.43. The van der Waals surface area contributed by atoms with E-state index in [0.717, 1.165) is 11.3 Å². The van der Waals surface area contributed by atoms with Crippen LogP contribution in [0.3, 0.4) is 0 Å². The van der Waals surface area contributed by atoms with Gasteiger partial charge in [0.25, 0.3) is 0 Å². The minimum Gasteiger partial charge on any atom is -0.378 e. The van der Waals surface area contributed by atoms with Crippen molar-refractivity contribution in [3.63, 3.8) is 0 Å². The molecule has 0 saturated carbocycles. The Kier molecular flexibility index (Phi) is 3.59. The van der Waals surface area contributed by atoms with E-state index < -0.39 is 0 Å². The maximum absolute atomic E-state index is 13.0. The van der Waals surface area contributed by atoms with Gasteiger partial charge in [-0.2, -0.15) is 5.26 Å². The van der Waals surface area contributed by atoms with Crippen molar-refractivity contribution < 1.29 is 4.39 Å². The molecule has 0 aliphatic rings. The predicted octanol–water partition coefficient (Wildman–Crippen LogP) is 3.87. The quantitative estimate of drug-likeness (QED) is 0.884. The third kappa shape index (κ3) is 2.86. The van der Waals surface area contributed by atoms with E-state index in [1.54, 1.807) is 18.2 Å². The van der Waals surface area contributed by atoms with E-state index in [4.69, 9.17) is 5.26 Å². The van der Waals surface area contributed by atoms with Gasteiger partial charge < -0.3 is 5.32 Å². The Labute approximate surface area is 106 Å². The lowest BCUT2D eigenvalue weighted by atomic mass is 10.1. The van der Waals surface area contributed by atoms with E-state index in [1.165, 1.54) is 12.1 Å². The summed E-state index contributed by atoms with van der Waals surface area (Å²) in [5, 5.41) is 11.9. The number of nitriles is 1. The Hall–Kier alpha value is -2.34. The summed E-state index contributed by atoms with van der Waals surface area (Å²) in [5.74, 6) is -0.257. The van der Waals surface area contributed by atoms with Gasteiger partial charge >= 0.3 is 0 Å². The van der Waals surface area contributed by atoms with Crippen molar-refractivity contribution in [1.82, 2.24) is 0 Å². The number of nitrogens with zero attached hydrogens (tertiary/aromatic N) is 1. The summed E-state index contributed by atoms with van der Waals surface area (Å²) < 4.78 is 13.0. The van der Waals surface area contributed by atoms with E-state index in [2.05, 4.69) is 11.4 Å². The van der Waals surface area contributed by atoms with Crippen molar-refractivity contribution >= 4 is 5.69 Å². The highest BCUT2D eigenvalue weighted by atomic mass is 19.1. The number of benzene rings is 2. The fourth-order valence-electron chi connectivity index (χ4n) is 1.76. The van der Waals surface area contributed by atoms with Crippen LogP contribution in [0.25, 0.3) is 0 Å². The smallest absolute Gasteiger partial charge is 0.125 e. The molecule has 2 aromatic carbocycles. The summed E-state index contributed by atoms with van der Waals surface area (Å²) in [4.78, 5) is 0. The molecule has 0 heterocycles. The van der Waals surface area contributed by atoms with Crippen LogP contribution in [0.4, 0.5) is 10.1 Å². The van der Waals surface area contributed by atoms with E-state index >= 15 is 0 Å². The molecule has 0 saturated heterocycles. The van der Waals surface area contributed by atoms with Gasteiger partial charge in [-0.25, -0.2) is 4.39 Å². The Bertz CT molecular complexity index is 570. The van der Waals surface area contributed by atoms with E-state index in [1.807, 2.05) is 25.1 Å². The highest BCUT2D eigenvalue weighted by Gasteiger charge is 2.05. The Morgan fingerprint density at radius 2 is 1.89 bits per heavy atom. The van der Waals surface area contributed by atoms with Gasteiger partial charge in [0.2, 0.25) is 0 Å². The summed E-state index contributed by atoms with van der Waals surface area (Å²) in [7, 11) is 0. The molecule has 0 bridgehead atoms. The second-order valence-corrected chi connectivity index (χ2v) is 4.11. The fraction of sp³-hybridized carbons (Fsp3) is 0.133. The minimum atomic E-state index is -0.257. The van der Waals surface area contributed by atoms with Gasteiger partial charge in [0.05, 0.1) is 11.6 Å². The SMILES string of the molecule is CC(Nc1cccc(F)c1)c1ccc(C#N)cc1. The number of hydrogen-bond acceptors (Lipinski definition) is 2. The minimum absolute atomic E-state index is 0.0551. The van der Waals surface area contributed by atoms with Gasteiger partial charge in [-0.05, 0) is 42.8 Å². The van der Waals surface area contributed by atoms with Crippen molar-refractivity contribution in [2.24, 2.45) is 0 Å². The maximum atomic E-state index is 13.0. The van der Waals surface area contributed by atoms with Crippen LogP contribution in [-0.2, 0) is 0 Å². The van der Waals surface area contributed by atoms with Crippen molar-refractivity contribution in [3.8, 4) is 6.07 Å². The Morgan fingerprint density at radius 1 is 1.17 bits per heavy atom. The van der Waals surface area contributed by atoms with Gasteiger partial charge in [-0.3, -0.25) is 0 Å². The zero-order valence-electron chi connectivity index (χ0n) is 10.0. The number of halogens is 1. The lowest BCUT2D eigenvalue weighted by Crippen LogP contribution is -2.06. The Morgan fingerprint density at radius 3 is 2.50 bits per heavy atom. The zero-order chi connectivity index (χ0) is 13.0. The van der Waals surface area contributed by atoms with Gasteiger partial charge in [-0.15, -0.1) is 0 Å². The lowest BCUT2D eigenvalue weighted by molar-refractivity contribution is 0.628. The van der Waals surface area contributed by atoms with Crippen LogP contribution in [-0.4, -0.2) is 0 Å². The number of hydrogen-bond donors (Lipinski definition) is 1. The van der Waals surface area contributed by atoms with E-state index in [-0.39, 0.29) is 11.9 Å². The highest BCUT2D eigenvalue weighted by molar-refractivity contribution is 5.46. The molecule has 0 aliphatic heterocycles.